The zero-order chi connectivity index (χ0) is 14.8. The summed E-state index contributed by atoms with van der Waals surface area (Å²) in [5.41, 5.74) is 1.16. The summed E-state index contributed by atoms with van der Waals surface area (Å²) in [5.74, 6) is 1.34. The van der Waals surface area contributed by atoms with Crippen LogP contribution >= 0.6 is 11.6 Å². The zero-order valence-corrected chi connectivity index (χ0v) is 13.2. The van der Waals surface area contributed by atoms with Crippen molar-refractivity contribution in [2.75, 3.05) is 33.3 Å². The Kier molecular flexibility index (Phi) is 4.57. The molecule has 4 nitrogen and oxygen atoms in total. The van der Waals surface area contributed by atoms with Gasteiger partial charge < -0.3 is 15.2 Å². The van der Waals surface area contributed by atoms with E-state index in [4.69, 9.17) is 16.3 Å². The number of rotatable bonds is 5. The average molecular weight is 311 g/mol. The van der Waals surface area contributed by atoms with E-state index in [2.05, 4.69) is 10.2 Å². The number of piperazine rings is 1. The smallest absolute Gasteiger partial charge is 0.176 e. The van der Waals surface area contributed by atoms with Gasteiger partial charge in [-0.3, -0.25) is 4.90 Å². The number of halogens is 1. The normalized spacial score (nSPS) is 21.2. The maximum atomic E-state index is 9.93. The quantitative estimate of drug-likeness (QED) is 0.878. The van der Waals surface area contributed by atoms with Crippen LogP contribution in [0.1, 0.15) is 30.9 Å². The Bertz CT molecular complexity index is 499. The zero-order valence-electron chi connectivity index (χ0n) is 12.4. The number of ether oxygens (including phenoxy) is 1. The molecule has 2 fully saturated rings. The molecule has 0 spiro atoms. The van der Waals surface area contributed by atoms with Gasteiger partial charge in [-0.15, -0.1) is 0 Å². The van der Waals surface area contributed by atoms with Crippen molar-refractivity contribution >= 4 is 11.6 Å². The molecule has 0 bridgehead atoms. The Morgan fingerprint density at radius 3 is 2.71 bits per heavy atom. The fourth-order valence-electron chi connectivity index (χ4n) is 3.10. The van der Waals surface area contributed by atoms with Gasteiger partial charge in [-0.2, -0.15) is 0 Å². The van der Waals surface area contributed by atoms with Crippen LogP contribution in [0.25, 0.3) is 0 Å². The second-order valence-corrected chi connectivity index (χ2v) is 6.44. The molecule has 1 heterocycles. The topological polar surface area (TPSA) is 44.7 Å². The third-order valence-corrected chi connectivity index (χ3v) is 4.79. The van der Waals surface area contributed by atoms with Crippen LogP contribution in [-0.4, -0.2) is 43.3 Å². The van der Waals surface area contributed by atoms with Crippen LogP contribution in [0.2, 0.25) is 5.02 Å². The predicted molar refractivity (Wildman–Crippen MR) is 84.2 cm³/mol. The van der Waals surface area contributed by atoms with Crippen molar-refractivity contribution in [2.45, 2.75) is 25.3 Å². The van der Waals surface area contributed by atoms with Crippen molar-refractivity contribution in [1.82, 2.24) is 10.2 Å². The van der Waals surface area contributed by atoms with Crippen molar-refractivity contribution in [3.63, 3.8) is 0 Å². The van der Waals surface area contributed by atoms with E-state index in [1.54, 1.807) is 7.11 Å². The van der Waals surface area contributed by atoms with Crippen molar-refractivity contribution < 1.29 is 9.84 Å². The number of nitrogens with zero attached hydrogens (tertiary/aromatic N) is 1. The number of benzene rings is 1. The van der Waals surface area contributed by atoms with Gasteiger partial charge >= 0.3 is 0 Å². The second kappa shape index (κ2) is 6.42. The van der Waals surface area contributed by atoms with Crippen molar-refractivity contribution in [1.29, 1.82) is 0 Å². The second-order valence-electron chi connectivity index (χ2n) is 6.03. The number of phenolic OH excluding ortho intramolecular Hbond substituents is 1. The molecule has 0 radical (unpaired) electrons. The first-order valence-electron chi connectivity index (χ1n) is 7.70. The fourth-order valence-corrected chi connectivity index (χ4v) is 3.32. The summed E-state index contributed by atoms with van der Waals surface area (Å²) in [5, 5.41) is 13.7. The first kappa shape index (κ1) is 14.9. The highest BCUT2D eigenvalue weighted by molar-refractivity contribution is 6.32. The molecule has 0 unspecified atom stereocenters. The Morgan fingerprint density at radius 2 is 2.10 bits per heavy atom. The van der Waals surface area contributed by atoms with Gasteiger partial charge in [-0.25, -0.2) is 0 Å². The minimum atomic E-state index is 0.0356. The van der Waals surface area contributed by atoms with Gasteiger partial charge in [-0.1, -0.05) is 24.4 Å². The number of methoxy groups -OCH3 is 1. The standard InChI is InChI=1S/C16H23ClN2O2/c1-21-15-10-12(9-13(17)16(15)20)14(8-11-2-3-11)19-6-4-18-5-7-19/h9-11,14,18,20H,2-8H2,1H3/t14-/m1/s1. The largest absolute Gasteiger partial charge is 0.503 e. The lowest BCUT2D eigenvalue weighted by Crippen LogP contribution is -2.45. The first-order chi connectivity index (χ1) is 10.2. The van der Waals surface area contributed by atoms with Crippen molar-refractivity contribution in [2.24, 2.45) is 5.92 Å². The van der Waals surface area contributed by atoms with E-state index in [1.807, 2.05) is 12.1 Å². The van der Waals surface area contributed by atoms with E-state index in [0.29, 0.717) is 16.8 Å². The van der Waals surface area contributed by atoms with Crippen LogP contribution in [0, 0.1) is 5.92 Å². The number of nitrogens with one attached hydrogen (secondary N) is 1. The molecule has 0 aromatic heterocycles. The Hall–Kier alpha value is -0.970. The van der Waals surface area contributed by atoms with Gasteiger partial charge in [-0.05, 0) is 30.0 Å². The SMILES string of the molecule is COc1cc([C@@H](CC2CC2)N2CCNCC2)cc(Cl)c1O. The minimum absolute atomic E-state index is 0.0356. The molecule has 5 heteroatoms. The van der Waals surface area contributed by atoms with Gasteiger partial charge in [0.25, 0.3) is 0 Å². The number of aromatic hydroxyl groups is 1. The molecule has 1 aromatic carbocycles. The highest BCUT2D eigenvalue weighted by atomic mass is 35.5. The molecule has 0 amide bonds. The maximum Gasteiger partial charge on any atom is 0.176 e. The molecule has 1 aliphatic carbocycles. The summed E-state index contributed by atoms with van der Waals surface area (Å²) in [4.78, 5) is 2.52. The summed E-state index contributed by atoms with van der Waals surface area (Å²) in [6, 6.07) is 4.21. The molecule has 1 saturated heterocycles. The third-order valence-electron chi connectivity index (χ3n) is 4.50. The van der Waals surface area contributed by atoms with E-state index in [1.165, 1.54) is 19.3 Å². The molecule has 2 aliphatic rings. The number of phenols is 1. The summed E-state index contributed by atoms with van der Waals surface area (Å²) in [6.45, 7) is 4.17. The van der Waals surface area contributed by atoms with E-state index >= 15 is 0 Å². The van der Waals surface area contributed by atoms with Crippen LogP contribution in [0.3, 0.4) is 0 Å². The molecule has 116 valence electrons. The molecule has 2 N–H and O–H groups in total. The average Bonchev–Trinajstić information content (AvgIpc) is 3.32. The number of hydrogen-bond donors (Lipinski definition) is 2. The highest BCUT2D eigenvalue weighted by Crippen LogP contribution is 2.43. The molecular formula is C16H23ClN2O2. The van der Waals surface area contributed by atoms with Crippen LogP contribution in [0.5, 0.6) is 11.5 Å². The fraction of sp³-hybridized carbons (Fsp3) is 0.625. The molecule has 21 heavy (non-hydrogen) atoms. The highest BCUT2D eigenvalue weighted by Gasteiger charge is 2.31. The van der Waals surface area contributed by atoms with Gasteiger partial charge in [0.1, 0.15) is 0 Å². The van der Waals surface area contributed by atoms with E-state index in [-0.39, 0.29) is 5.75 Å². The monoisotopic (exact) mass is 310 g/mol. The summed E-state index contributed by atoms with van der Waals surface area (Å²) >= 11 is 6.17. The lowest BCUT2D eigenvalue weighted by molar-refractivity contribution is 0.160. The van der Waals surface area contributed by atoms with Crippen LogP contribution < -0.4 is 10.1 Å². The lowest BCUT2D eigenvalue weighted by Gasteiger charge is -2.35. The van der Waals surface area contributed by atoms with Gasteiger partial charge in [0.2, 0.25) is 0 Å². The summed E-state index contributed by atoms with van der Waals surface area (Å²) < 4.78 is 5.26. The predicted octanol–water partition coefficient (Wildman–Crippen LogP) is 2.80. The van der Waals surface area contributed by atoms with Crippen LogP contribution in [0.4, 0.5) is 0 Å². The van der Waals surface area contributed by atoms with E-state index < -0.39 is 0 Å². The maximum absolute atomic E-state index is 9.93. The molecule has 1 aliphatic heterocycles. The van der Waals surface area contributed by atoms with Crippen molar-refractivity contribution in [3.05, 3.63) is 22.7 Å². The lowest BCUT2D eigenvalue weighted by atomic mass is 9.98. The van der Waals surface area contributed by atoms with Gasteiger partial charge in [0.15, 0.2) is 11.5 Å². The number of hydrogen-bond acceptors (Lipinski definition) is 4. The Balaban J connectivity index is 1.89. The molecule has 1 atom stereocenters. The Morgan fingerprint density at radius 1 is 1.38 bits per heavy atom. The minimum Gasteiger partial charge on any atom is -0.503 e. The van der Waals surface area contributed by atoms with Crippen molar-refractivity contribution in [3.8, 4) is 11.5 Å². The van der Waals surface area contributed by atoms with Gasteiger partial charge in [0.05, 0.1) is 12.1 Å². The van der Waals surface area contributed by atoms with Crippen LogP contribution in [-0.2, 0) is 0 Å². The summed E-state index contributed by atoms with van der Waals surface area (Å²) in [6.07, 6.45) is 3.85. The Labute approximate surface area is 131 Å². The molecule has 3 rings (SSSR count). The first-order valence-corrected chi connectivity index (χ1v) is 8.08. The van der Waals surface area contributed by atoms with Crippen LogP contribution in [0.15, 0.2) is 12.1 Å². The summed E-state index contributed by atoms with van der Waals surface area (Å²) in [7, 11) is 1.57. The van der Waals surface area contributed by atoms with Gasteiger partial charge in [0, 0.05) is 32.2 Å². The molecule has 1 saturated carbocycles. The van der Waals surface area contributed by atoms with E-state index in [9.17, 15) is 5.11 Å². The third kappa shape index (κ3) is 3.44. The molecular weight excluding hydrogens is 288 g/mol. The van der Waals surface area contributed by atoms with E-state index in [0.717, 1.165) is 37.7 Å². The molecule has 1 aromatic rings.